The summed E-state index contributed by atoms with van der Waals surface area (Å²) in [5.41, 5.74) is -0.729. The molecule has 0 aliphatic carbocycles. The minimum absolute atomic E-state index is 0.125. The van der Waals surface area contributed by atoms with E-state index in [0.717, 1.165) is 0 Å². The van der Waals surface area contributed by atoms with Crippen LogP contribution in [0.15, 0.2) is 29.2 Å². The van der Waals surface area contributed by atoms with Gasteiger partial charge >= 0.3 is 6.09 Å². The van der Waals surface area contributed by atoms with Gasteiger partial charge in [-0.3, -0.25) is 4.79 Å². The first-order chi connectivity index (χ1) is 10.9. The van der Waals surface area contributed by atoms with Gasteiger partial charge in [0.15, 0.2) is 0 Å². The van der Waals surface area contributed by atoms with Crippen molar-refractivity contribution in [2.24, 2.45) is 0 Å². The van der Waals surface area contributed by atoms with Crippen molar-refractivity contribution in [2.45, 2.75) is 44.2 Å². The molecular weight excluding hydrogens is 336 g/mol. The second kappa shape index (κ2) is 7.52. The minimum Gasteiger partial charge on any atom is -0.497 e. The number of sulfonamides is 1. The highest BCUT2D eigenvalue weighted by Crippen LogP contribution is 2.16. The first kappa shape index (κ1) is 19.8. The Morgan fingerprint density at radius 3 is 2.38 bits per heavy atom. The highest BCUT2D eigenvalue weighted by molar-refractivity contribution is 7.90. The van der Waals surface area contributed by atoms with Crippen molar-refractivity contribution in [3.05, 3.63) is 24.3 Å². The van der Waals surface area contributed by atoms with E-state index >= 15 is 0 Å². The van der Waals surface area contributed by atoms with E-state index in [2.05, 4.69) is 5.32 Å². The lowest BCUT2D eigenvalue weighted by Crippen LogP contribution is -2.47. The van der Waals surface area contributed by atoms with Gasteiger partial charge < -0.3 is 14.8 Å². The zero-order valence-electron chi connectivity index (χ0n) is 14.2. The lowest BCUT2D eigenvalue weighted by molar-refractivity contribution is -0.121. The molecule has 0 spiro atoms. The molecule has 0 aromatic heterocycles. The van der Waals surface area contributed by atoms with Crippen molar-refractivity contribution in [3.63, 3.8) is 0 Å². The summed E-state index contributed by atoms with van der Waals surface area (Å²) < 4.78 is 36.3. The molecule has 0 saturated heterocycles. The Labute approximate surface area is 141 Å². The highest BCUT2D eigenvalue weighted by atomic mass is 32.2. The second-order valence-electron chi connectivity index (χ2n) is 6.02. The third kappa shape index (κ3) is 6.07. The maximum absolute atomic E-state index is 12.2. The molecule has 0 saturated carbocycles. The Hall–Kier alpha value is -2.29. The zero-order chi connectivity index (χ0) is 18.5. The molecular formula is C15H22N2O6S. The highest BCUT2D eigenvalue weighted by Gasteiger charge is 2.25. The van der Waals surface area contributed by atoms with Crippen LogP contribution in [0.4, 0.5) is 4.79 Å². The van der Waals surface area contributed by atoms with Gasteiger partial charge in [-0.2, -0.15) is 0 Å². The molecule has 0 aliphatic rings. The number of carbonyl (C=O) groups is 2. The average molecular weight is 358 g/mol. The fourth-order valence-electron chi connectivity index (χ4n) is 1.60. The van der Waals surface area contributed by atoms with Crippen LogP contribution in [0.3, 0.4) is 0 Å². The van der Waals surface area contributed by atoms with Gasteiger partial charge in [-0.1, -0.05) is 6.07 Å². The summed E-state index contributed by atoms with van der Waals surface area (Å²) in [6.45, 7) is 6.36. The Balaban J connectivity index is 2.76. The van der Waals surface area contributed by atoms with Gasteiger partial charge in [-0.25, -0.2) is 17.9 Å². The van der Waals surface area contributed by atoms with Crippen LogP contribution in [0.2, 0.25) is 0 Å². The summed E-state index contributed by atoms with van der Waals surface area (Å²) in [7, 11) is -2.68. The van der Waals surface area contributed by atoms with Crippen molar-refractivity contribution in [2.75, 3.05) is 7.11 Å². The number of ether oxygens (including phenoxy) is 2. The van der Waals surface area contributed by atoms with Gasteiger partial charge in [-0.15, -0.1) is 0 Å². The van der Waals surface area contributed by atoms with Crippen molar-refractivity contribution in [1.82, 2.24) is 10.0 Å². The van der Waals surface area contributed by atoms with Crippen LogP contribution in [0.5, 0.6) is 5.75 Å². The van der Waals surface area contributed by atoms with E-state index in [4.69, 9.17) is 9.47 Å². The number of hydrogen-bond donors (Lipinski definition) is 2. The fraction of sp³-hybridized carbons (Fsp3) is 0.467. The van der Waals surface area contributed by atoms with E-state index in [1.165, 1.54) is 32.2 Å². The molecule has 24 heavy (non-hydrogen) atoms. The van der Waals surface area contributed by atoms with Crippen LogP contribution in [-0.2, 0) is 19.6 Å². The molecule has 1 rings (SSSR count). The van der Waals surface area contributed by atoms with Gasteiger partial charge in [0.1, 0.15) is 17.4 Å². The predicted molar refractivity (Wildman–Crippen MR) is 87.2 cm³/mol. The number of methoxy groups -OCH3 is 1. The van der Waals surface area contributed by atoms with Crippen LogP contribution in [0.25, 0.3) is 0 Å². The molecule has 0 bridgehead atoms. The maximum Gasteiger partial charge on any atom is 0.408 e. The number of alkyl carbamates (subject to hydrolysis) is 1. The zero-order valence-corrected chi connectivity index (χ0v) is 15.1. The monoisotopic (exact) mass is 358 g/mol. The Morgan fingerprint density at radius 2 is 1.83 bits per heavy atom. The van der Waals surface area contributed by atoms with E-state index in [1.54, 1.807) is 26.8 Å². The van der Waals surface area contributed by atoms with Crippen LogP contribution >= 0.6 is 0 Å². The van der Waals surface area contributed by atoms with Crippen molar-refractivity contribution >= 4 is 22.0 Å². The summed E-state index contributed by atoms with van der Waals surface area (Å²) in [4.78, 5) is 23.5. The van der Waals surface area contributed by atoms with Gasteiger partial charge in [-0.05, 0) is 39.8 Å². The van der Waals surface area contributed by atoms with Crippen LogP contribution in [-0.4, -0.2) is 39.2 Å². The molecule has 9 heteroatoms. The SMILES string of the molecule is COc1cccc(S(=O)(=O)NC(=O)[C@H](C)NC(=O)OC(C)(C)C)c1. The van der Waals surface area contributed by atoms with Gasteiger partial charge in [0.05, 0.1) is 12.0 Å². The first-order valence-electron chi connectivity index (χ1n) is 7.15. The van der Waals surface area contributed by atoms with Crippen molar-refractivity contribution in [1.29, 1.82) is 0 Å². The molecule has 0 radical (unpaired) electrons. The smallest absolute Gasteiger partial charge is 0.408 e. The molecule has 1 atom stereocenters. The van der Waals surface area contributed by atoms with E-state index in [0.29, 0.717) is 5.75 Å². The number of hydrogen-bond acceptors (Lipinski definition) is 6. The van der Waals surface area contributed by atoms with Gasteiger partial charge in [0.2, 0.25) is 0 Å². The van der Waals surface area contributed by atoms with Crippen LogP contribution in [0.1, 0.15) is 27.7 Å². The lowest BCUT2D eigenvalue weighted by Gasteiger charge is -2.21. The summed E-state index contributed by atoms with van der Waals surface area (Å²) in [5, 5.41) is 2.27. The van der Waals surface area contributed by atoms with E-state index < -0.39 is 33.7 Å². The number of benzene rings is 1. The summed E-state index contributed by atoms with van der Waals surface area (Å²) in [5.74, 6) is -0.547. The molecule has 1 aromatic carbocycles. The third-order valence-electron chi connectivity index (χ3n) is 2.71. The quantitative estimate of drug-likeness (QED) is 0.823. The van der Waals surface area contributed by atoms with E-state index in [-0.39, 0.29) is 4.90 Å². The lowest BCUT2D eigenvalue weighted by atomic mass is 10.2. The molecule has 0 fully saturated rings. The number of carbonyl (C=O) groups excluding carboxylic acids is 2. The largest absolute Gasteiger partial charge is 0.497 e. The second-order valence-corrected chi connectivity index (χ2v) is 7.70. The van der Waals surface area contributed by atoms with Crippen LogP contribution < -0.4 is 14.8 Å². The fourth-order valence-corrected chi connectivity index (χ4v) is 2.69. The Kier molecular flexibility index (Phi) is 6.19. The normalized spacial score (nSPS) is 12.9. The molecule has 1 aromatic rings. The van der Waals surface area contributed by atoms with Crippen molar-refractivity contribution in [3.8, 4) is 5.75 Å². The molecule has 2 N–H and O–H groups in total. The Bertz CT molecular complexity index is 709. The van der Waals surface area contributed by atoms with Crippen molar-refractivity contribution < 1.29 is 27.5 Å². The van der Waals surface area contributed by atoms with Gasteiger partial charge in [0.25, 0.3) is 15.9 Å². The first-order valence-corrected chi connectivity index (χ1v) is 8.63. The molecule has 134 valence electrons. The summed E-state index contributed by atoms with van der Waals surface area (Å²) in [6.07, 6.45) is -0.816. The average Bonchev–Trinajstić information content (AvgIpc) is 2.44. The van der Waals surface area contributed by atoms with Gasteiger partial charge in [0, 0.05) is 6.07 Å². The number of nitrogens with one attached hydrogen (secondary N) is 2. The molecule has 0 aliphatic heterocycles. The topological polar surface area (TPSA) is 111 Å². The van der Waals surface area contributed by atoms with E-state index in [1.807, 2.05) is 4.72 Å². The minimum atomic E-state index is -4.08. The predicted octanol–water partition coefficient (Wildman–Crippen LogP) is 1.41. The summed E-state index contributed by atoms with van der Waals surface area (Å²) >= 11 is 0. The molecule has 0 unspecified atom stereocenters. The Morgan fingerprint density at radius 1 is 1.21 bits per heavy atom. The molecule has 0 heterocycles. The number of amides is 2. The van der Waals surface area contributed by atoms with E-state index in [9.17, 15) is 18.0 Å². The van der Waals surface area contributed by atoms with Crippen LogP contribution in [0, 0.1) is 0 Å². The maximum atomic E-state index is 12.2. The molecule has 8 nitrogen and oxygen atoms in total. The summed E-state index contributed by atoms with van der Waals surface area (Å²) in [6, 6.07) is 4.57. The standard InChI is InChI=1S/C15H22N2O6S/c1-10(16-14(19)23-15(2,3)4)13(18)17-24(20,21)12-8-6-7-11(9-12)22-5/h6-10H,1-5H3,(H,16,19)(H,17,18)/t10-/m0/s1. The molecule has 2 amide bonds. The third-order valence-corrected chi connectivity index (χ3v) is 4.06. The number of rotatable bonds is 5.